The average molecular weight is 503 g/mol. The fourth-order valence-corrected chi connectivity index (χ4v) is 5.35. The molecule has 0 aliphatic carbocycles. The summed E-state index contributed by atoms with van der Waals surface area (Å²) in [6.45, 7) is 1.92. The number of carbonyl (C=O) groups is 3. The van der Waals surface area contributed by atoms with Crippen molar-refractivity contribution < 1.29 is 19.1 Å². The minimum Gasteiger partial charge on any atom is -0.459 e. The molecule has 2 amide bonds. The number of fused-ring (bicyclic) bond motifs is 1. The van der Waals surface area contributed by atoms with E-state index in [1.54, 1.807) is 59.8 Å². The van der Waals surface area contributed by atoms with E-state index < -0.39 is 5.97 Å². The topological polar surface area (TPSA) is 119 Å². The Hall–Kier alpha value is -4.25. The van der Waals surface area contributed by atoms with E-state index in [-0.39, 0.29) is 29.2 Å². The summed E-state index contributed by atoms with van der Waals surface area (Å²) in [5.74, 6) is -0.570. The van der Waals surface area contributed by atoms with Gasteiger partial charge in [0.2, 0.25) is 5.91 Å². The van der Waals surface area contributed by atoms with Crippen molar-refractivity contribution >= 4 is 46.5 Å². The molecule has 1 aliphatic heterocycles. The predicted octanol–water partition coefficient (Wildman–Crippen LogP) is 3.36. The summed E-state index contributed by atoms with van der Waals surface area (Å²) >= 11 is 1.48. The summed E-state index contributed by atoms with van der Waals surface area (Å²) in [5.41, 5.74) is 1.92. The lowest BCUT2D eigenvalue weighted by Crippen LogP contribution is -2.36. The van der Waals surface area contributed by atoms with Crippen LogP contribution in [0.4, 0.5) is 5.82 Å². The van der Waals surface area contributed by atoms with Gasteiger partial charge in [-0.15, -0.1) is 11.8 Å². The summed E-state index contributed by atoms with van der Waals surface area (Å²) in [6, 6.07) is 17.5. The van der Waals surface area contributed by atoms with Gasteiger partial charge >= 0.3 is 5.97 Å². The third-order valence-corrected chi connectivity index (χ3v) is 7.12. The number of anilines is 1. The van der Waals surface area contributed by atoms with Crippen LogP contribution in [0.25, 0.3) is 11.2 Å². The molecular weight excluding hydrogens is 480 g/mol. The monoisotopic (exact) mass is 502 g/mol. The van der Waals surface area contributed by atoms with Crippen LogP contribution >= 0.6 is 11.8 Å². The highest BCUT2D eigenvalue weighted by Gasteiger charge is 2.37. The average Bonchev–Trinajstić information content (AvgIpc) is 3.53. The van der Waals surface area contributed by atoms with Gasteiger partial charge < -0.3 is 19.5 Å². The van der Waals surface area contributed by atoms with Crippen molar-refractivity contribution in [3.8, 4) is 0 Å². The Morgan fingerprint density at radius 2 is 1.69 bits per heavy atom. The maximum atomic E-state index is 12.6. The number of thioether (sulfide) groups is 1. The molecule has 182 valence electrons. The van der Waals surface area contributed by atoms with E-state index in [2.05, 4.69) is 20.3 Å². The minimum absolute atomic E-state index is 0.0501. The van der Waals surface area contributed by atoms with Crippen molar-refractivity contribution in [2.45, 2.75) is 17.7 Å². The number of hydrogen-bond donors (Lipinski definition) is 1. The quantitative estimate of drug-likeness (QED) is 0.399. The van der Waals surface area contributed by atoms with Crippen molar-refractivity contribution in [2.24, 2.45) is 0 Å². The SMILES string of the molecule is CC(=O)N1C[C@@H](n2cnc3c(NC(=O)c4ccccc4)ncnc32)S[C@@H]1COC(=O)c1ccccc1. The van der Waals surface area contributed by atoms with Crippen molar-refractivity contribution in [3.05, 3.63) is 84.4 Å². The molecule has 3 heterocycles. The highest BCUT2D eigenvalue weighted by atomic mass is 32.2. The second kappa shape index (κ2) is 10.2. The molecule has 0 radical (unpaired) electrons. The smallest absolute Gasteiger partial charge is 0.338 e. The van der Waals surface area contributed by atoms with Crippen LogP contribution in [0.3, 0.4) is 0 Å². The number of rotatable bonds is 6. The van der Waals surface area contributed by atoms with E-state index in [1.807, 2.05) is 16.7 Å². The zero-order valence-corrected chi connectivity index (χ0v) is 20.1. The zero-order chi connectivity index (χ0) is 25.1. The van der Waals surface area contributed by atoms with E-state index in [0.29, 0.717) is 34.7 Å². The van der Waals surface area contributed by atoms with E-state index in [0.717, 1.165) is 0 Å². The van der Waals surface area contributed by atoms with Crippen LogP contribution in [0.1, 0.15) is 33.0 Å². The number of aromatic nitrogens is 4. The fraction of sp³-hybridized carbons (Fsp3) is 0.200. The molecule has 2 aromatic carbocycles. The second-order valence-electron chi connectivity index (χ2n) is 8.05. The molecule has 2 atom stereocenters. The molecule has 4 aromatic rings. The van der Waals surface area contributed by atoms with E-state index in [4.69, 9.17) is 4.74 Å². The van der Waals surface area contributed by atoms with Gasteiger partial charge in [-0.25, -0.2) is 19.7 Å². The Kier molecular flexibility index (Phi) is 6.63. The lowest BCUT2D eigenvalue weighted by Gasteiger charge is -2.21. The summed E-state index contributed by atoms with van der Waals surface area (Å²) in [5, 5.41) is 2.21. The largest absolute Gasteiger partial charge is 0.459 e. The van der Waals surface area contributed by atoms with Crippen molar-refractivity contribution in [2.75, 3.05) is 18.5 Å². The van der Waals surface area contributed by atoms with Crippen LogP contribution in [0, 0.1) is 0 Å². The summed E-state index contributed by atoms with van der Waals surface area (Å²) in [4.78, 5) is 52.0. The molecule has 0 unspecified atom stereocenters. The van der Waals surface area contributed by atoms with Gasteiger partial charge in [-0.3, -0.25) is 9.59 Å². The molecule has 1 aliphatic rings. The number of nitrogens with one attached hydrogen (secondary N) is 1. The molecule has 1 fully saturated rings. The third-order valence-electron chi connectivity index (χ3n) is 5.72. The minimum atomic E-state index is -0.442. The highest BCUT2D eigenvalue weighted by molar-refractivity contribution is 8.00. The predicted molar refractivity (Wildman–Crippen MR) is 134 cm³/mol. The Morgan fingerprint density at radius 3 is 2.39 bits per heavy atom. The number of ether oxygens (including phenoxy) is 1. The van der Waals surface area contributed by atoms with Crippen LogP contribution in [-0.4, -0.2) is 60.7 Å². The maximum Gasteiger partial charge on any atom is 0.338 e. The Bertz CT molecular complexity index is 1410. The lowest BCUT2D eigenvalue weighted by atomic mass is 10.2. The van der Waals surface area contributed by atoms with Gasteiger partial charge in [-0.2, -0.15) is 0 Å². The number of hydrogen-bond acceptors (Lipinski definition) is 8. The van der Waals surface area contributed by atoms with Crippen molar-refractivity contribution in [1.29, 1.82) is 0 Å². The molecule has 2 aromatic heterocycles. The van der Waals surface area contributed by atoms with Gasteiger partial charge in [0.15, 0.2) is 17.0 Å². The van der Waals surface area contributed by atoms with Gasteiger partial charge in [-0.1, -0.05) is 36.4 Å². The first kappa shape index (κ1) is 23.5. The van der Waals surface area contributed by atoms with E-state index >= 15 is 0 Å². The number of nitrogens with zero attached hydrogens (tertiary/aromatic N) is 5. The molecular formula is C25H22N6O4S. The highest BCUT2D eigenvalue weighted by Crippen LogP contribution is 2.39. The first-order valence-corrected chi connectivity index (χ1v) is 12.1. The molecule has 10 nitrogen and oxygen atoms in total. The molecule has 1 saturated heterocycles. The molecule has 0 saturated carbocycles. The second-order valence-corrected chi connectivity index (χ2v) is 9.41. The number of carbonyl (C=O) groups excluding carboxylic acids is 3. The van der Waals surface area contributed by atoms with E-state index in [9.17, 15) is 14.4 Å². The molecule has 1 N–H and O–H groups in total. The van der Waals surface area contributed by atoms with Crippen LogP contribution in [0.2, 0.25) is 0 Å². The Balaban J connectivity index is 1.33. The maximum absolute atomic E-state index is 12.6. The molecule has 11 heteroatoms. The van der Waals surface area contributed by atoms with Gasteiger partial charge in [0.1, 0.15) is 23.7 Å². The Labute approximate surface area is 210 Å². The van der Waals surface area contributed by atoms with Gasteiger partial charge in [0.25, 0.3) is 5.91 Å². The van der Waals surface area contributed by atoms with Crippen LogP contribution < -0.4 is 5.32 Å². The number of esters is 1. The molecule has 5 rings (SSSR count). The number of benzene rings is 2. The summed E-state index contributed by atoms with van der Waals surface area (Å²) in [7, 11) is 0. The van der Waals surface area contributed by atoms with Crippen LogP contribution in [0.5, 0.6) is 0 Å². The summed E-state index contributed by atoms with van der Waals surface area (Å²) < 4.78 is 7.34. The molecule has 36 heavy (non-hydrogen) atoms. The van der Waals surface area contributed by atoms with Crippen molar-refractivity contribution in [1.82, 2.24) is 24.4 Å². The fourth-order valence-electron chi connectivity index (χ4n) is 3.93. The van der Waals surface area contributed by atoms with Crippen LogP contribution in [0.15, 0.2) is 73.3 Å². The normalized spacial score (nSPS) is 17.2. The van der Waals surface area contributed by atoms with Gasteiger partial charge in [0, 0.05) is 12.5 Å². The van der Waals surface area contributed by atoms with Gasteiger partial charge in [-0.05, 0) is 24.3 Å². The zero-order valence-electron chi connectivity index (χ0n) is 19.3. The lowest BCUT2D eigenvalue weighted by molar-refractivity contribution is -0.129. The first-order chi connectivity index (χ1) is 17.5. The van der Waals surface area contributed by atoms with Crippen molar-refractivity contribution in [3.63, 3.8) is 0 Å². The number of imidazole rings is 1. The first-order valence-electron chi connectivity index (χ1n) is 11.2. The van der Waals surface area contributed by atoms with E-state index in [1.165, 1.54) is 25.0 Å². The molecule has 0 bridgehead atoms. The molecule has 0 spiro atoms. The van der Waals surface area contributed by atoms with Crippen LogP contribution in [-0.2, 0) is 9.53 Å². The Morgan fingerprint density at radius 1 is 1.00 bits per heavy atom. The summed E-state index contributed by atoms with van der Waals surface area (Å²) in [6.07, 6.45) is 2.98. The number of amides is 2. The van der Waals surface area contributed by atoms with Gasteiger partial charge in [0.05, 0.1) is 18.4 Å². The third kappa shape index (κ3) is 4.78. The standard InChI is InChI=1S/C25H22N6O4S/c1-16(32)30-12-19(36-20(30)13-35-25(34)18-10-6-3-7-11-18)31-15-28-21-22(26-14-27-23(21)31)29-24(33)17-8-4-2-5-9-17/h2-11,14-15,19-20H,12-13H2,1H3,(H,26,27,29,33)/t19-,20+/m0/s1.